The normalized spacial score (nSPS) is 35.4. The molecule has 2 atom stereocenters. The molecule has 0 bridgehead atoms. The first-order valence-electron chi connectivity index (χ1n) is 4.71. The van der Waals surface area contributed by atoms with Crippen molar-refractivity contribution < 1.29 is 4.74 Å². The summed E-state index contributed by atoms with van der Waals surface area (Å²) in [6.45, 7) is 0. The van der Waals surface area contributed by atoms with E-state index in [1.165, 1.54) is 17.9 Å². The predicted molar refractivity (Wildman–Crippen MR) is 59.2 cm³/mol. The van der Waals surface area contributed by atoms with Gasteiger partial charge in [-0.1, -0.05) is 0 Å². The molecular formula is C9H11BrN2OS. The summed E-state index contributed by atoms with van der Waals surface area (Å²) in [5, 5.41) is 4.24. The molecule has 0 saturated carbocycles. The van der Waals surface area contributed by atoms with E-state index in [9.17, 15) is 0 Å². The lowest BCUT2D eigenvalue weighted by molar-refractivity contribution is 0.278. The van der Waals surface area contributed by atoms with E-state index in [0.29, 0.717) is 5.44 Å². The molecule has 0 amide bonds. The summed E-state index contributed by atoms with van der Waals surface area (Å²) >= 11 is 5.46. The van der Waals surface area contributed by atoms with Crippen LogP contribution in [0.25, 0.3) is 0 Å². The highest BCUT2D eigenvalue weighted by Gasteiger charge is 2.61. The Morgan fingerprint density at radius 1 is 1.79 bits per heavy atom. The van der Waals surface area contributed by atoms with Gasteiger partial charge in [-0.3, -0.25) is 4.68 Å². The number of halogens is 1. The third kappa shape index (κ3) is 1.12. The quantitative estimate of drug-likeness (QED) is 0.736. The Balaban J connectivity index is 2.03. The molecule has 0 aromatic carbocycles. The first-order valence-corrected chi connectivity index (χ1v) is 6.55. The molecule has 1 aromatic heterocycles. The monoisotopic (exact) mass is 274 g/mol. The van der Waals surface area contributed by atoms with Crippen LogP contribution < -0.4 is 0 Å². The fourth-order valence-electron chi connectivity index (χ4n) is 2.20. The SMILES string of the molecule is Cn1ncc(Br)c1C12CCCSC1O2. The van der Waals surface area contributed by atoms with Gasteiger partial charge in [0.2, 0.25) is 0 Å². The molecule has 0 spiro atoms. The van der Waals surface area contributed by atoms with Gasteiger partial charge in [0.25, 0.3) is 0 Å². The Kier molecular flexibility index (Phi) is 1.98. The minimum absolute atomic E-state index is 0.0347. The number of hydrogen-bond acceptors (Lipinski definition) is 3. The lowest BCUT2D eigenvalue weighted by atomic mass is 10.0. The summed E-state index contributed by atoms with van der Waals surface area (Å²) in [5.41, 5.74) is 1.53. The highest BCUT2D eigenvalue weighted by Crippen LogP contribution is 2.59. The molecule has 1 aromatic rings. The lowest BCUT2D eigenvalue weighted by Crippen LogP contribution is -2.20. The number of hydrogen-bond donors (Lipinski definition) is 0. The fourth-order valence-corrected chi connectivity index (χ4v) is 4.15. The van der Waals surface area contributed by atoms with E-state index < -0.39 is 0 Å². The van der Waals surface area contributed by atoms with Crippen LogP contribution in [0.15, 0.2) is 10.7 Å². The second-order valence-corrected chi connectivity index (χ2v) is 5.80. The van der Waals surface area contributed by atoms with Crippen LogP contribution in [-0.4, -0.2) is 21.0 Å². The molecule has 14 heavy (non-hydrogen) atoms. The van der Waals surface area contributed by atoms with Gasteiger partial charge in [-0.2, -0.15) is 5.10 Å². The zero-order valence-electron chi connectivity index (χ0n) is 7.86. The minimum atomic E-state index is -0.0347. The molecule has 3 heterocycles. The maximum atomic E-state index is 5.84. The number of fused-ring (bicyclic) bond motifs is 1. The fraction of sp³-hybridized carbons (Fsp3) is 0.667. The Labute approximate surface area is 95.3 Å². The van der Waals surface area contributed by atoms with Gasteiger partial charge in [-0.25, -0.2) is 0 Å². The summed E-state index contributed by atoms with van der Waals surface area (Å²) in [5.74, 6) is 1.22. The van der Waals surface area contributed by atoms with Gasteiger partial charge in [0.1, 0.15) is 11.0 Å². The van der Waals surface area contributed by atoms with Crippen molar-refractivity contribution in [3.8, 4) is 0 Å². The van der Waals surface area contributed by atoms with Crippen molar-refractivity contribution >= 4 is 27.7 Å². The van der Waals surface area contributed by atoms with Crippen LogP contribution in [0.2, 0.25) is 0 Å². The number of aryl methyl sites for hydroxylation is 1. The van der Waals surface area contributed by atoms with Crippen molar-refractivity contribution in [1.29, 1.82) is 0 Å². The number of aromatic nitrogens is 2. The summed E-state index contributed by atoms with van der Waals surface area (Å²) < 4.78 is 8.84. The van der Waals surface area contributed by atoms with Crippen LogP contribution in [0.3, 0.4) is 0 Å². The molecule has 3 rings (SSSR count). The molecule has 2 fully saturated rings. The minimum Gasteiger partial charge on any atom is -0.348 e. The third-order valence-electron chi connectivity index (χ3n) is 2.90. The van der Waals surface area contributed by atoms with Crippen molar-refractivity contribution in [1.82, 2.24) is 9.78 Å². The standard InChI is InChI=1S/C9H11BrN2OS/c1-12-7(6(10)5-11-12)9-3-2-4-14-8(9)13-9/h5,8H,2-4H2,1H3. The molecule has 3 nitrogen and oxygen atoms in total. The highest BCUT2D eigenvalue weighted by atomic mass is 79.9. The van der Waals surface area contributed by atoms with Gasteiger partial charge in [0.05, 0.1) is 16.4 Å². The third-order valence-corrected chi connectivity index (χ3v) is 4.78. The Morgan fingerprint density at radius 3 is 3.29 bits per heavy atom. The first-order chi connectivity index (χ1) is 6.74. The average Bonchev–Trinajstić information content (AvgIpc) is 2.81. The number of rotatable bonds is 1. The van der Waals surface area contributed by atoms with Crippen molar-refractivity contribution in [2.45, 2.75) is 23.9 Å². The molecular weight excluding hydrogens is 264 g/mol. The summed E-state index contributed by atoms with van der Waals surface area (Å²) in [6.07, 6.45) is 4.21. The lowest BCUT2D eigenvalue weighted by Gasteiger charge is -2.17. The molecule has 76 valence electrons. The second-order valence-electron chi connectivity index (χ2n) is 3.78. The van der Waals surface area contributed by atoms with E-state index in [1.54, 1.807) is 0 Å². The van der Waals surface area contributed by atoms with Gasteiger partial charge in [0.15, 0.2) is 0 Å². The zero-order valence-corrected chi connectivity index (χ0v) is 10.3. The summed E-state index contributed by atoms with van der Waals surface area (Å²) in [4.78, 5) is 0. The summed E-state index contributed by atoms with van der Waals surface area (Å²) in [6, 6.07) is 0. The van der Waals surface area contributed by atoms with E-state index in [4.69, 9.17) is 4.74 Å². The number of epoxide rings is 1. The predicted octanol–water partition coefficient (Wildman–Crippen LogP) is 2.26. The van der Waals surface area contributed by atoms with Crippen molar-refractivity contribution in [3.63, 3.8) is 0 Å². The molecule has 0 aliphatic carbocycles. The van der Waals surface area contributed by atoms with Gasteiger partial charge in [0, 0.05) is 7.05 Å². The largest absolute Gasteiger partial charge is 0.348 e. The van der Waals surface area contributed by atoms with Crippen LogP contribution in [0.1, 0.15) is 18.5 Å². The smallest absolute Gasteiger partial charge is 0.148 e. The average molecular weight is 275 g/mol. The van der Waals surface area contributed by atoms with Crippen LogP contribution in [0.4, 0.5) is 0 Å². The van der Waals surface area contributed by atoms with Crippen molar-refractivity contribution in [2.75, 3.05) is 5.75 Å². The van der Waals surface area contributed by atoms with E-state index in [1.807, 2.05) is 29.7 Å². The van der Waals surface area contributed by atoms with Crippen LogP contribution >= 0.6 is 27.7 Å². The topological polar surface area (TPSA) is 30.4 Å². The Bertz CT molecular complexity index is 361. The van der Waals surface area contributed by atoms with E-state index in [2.05, 4.69) is 21.0 Å². The van der Waals surface area contributed by atoms with Crippen molar-refractivity contribution in [2.24, 2.45) is 7.05 Å². The molecule has 5 heteroatoms. The first kappa shape index (κ1) is 9.24. The van der Waals surface area contributed by atoms with Crippen molar-refractivity contribution in [3.05, 3.63) is 16.4 Å². The van der Waals surface area contributed by atoms with E-state index >= 15 is 0 Å². The van der Waals surface area contributed by atoms with Gasteiger partial charge >= 0.3 is 0 Å². The number of ether oxygens (including phenoxy) is 1. The van der Waals surface area contributed by atoms with E-state index in [-0.39, 0.29) is 5.60 Å². The van der Waals surface area contributed by atoms with E-state index in [0.717, 1.165) is 10.9 Å². The number of thioether (sulfide) groups is 1. The molecule has 0 radical (unpaired) electrons. The van der Waals surface area contributed by atoms with Gasteiger partial charge < -0.3 is 4.74 Å². The van der Waals surface area contributed by atoms with Crippen LogP contribution in [-0.2, 0) is 17.4 Å². The molecule has 2 unspecified atom stereocenters. The molecule has 2 saturated heterocycles. The summed E-state index contributed by atoms with van der Waals surface area (Å²) in [7, 11) is 1.98. The number of nitrogens with zero attached hydrogens (tertiary/aromatic N) is 2. The Morgan fingerprint density at radius 2 is 2.64 bits per heavy atom. The maximum Gasteiger partial charge on any atom is 0.148 e. The van der Waals surface area contributed by atoms with Gasteiger partial charge in [-0.05, 0) is 34.5 Å². The Hall–Kier alpha value is -0.0000000000000000763. The van der Waals surface area contributed by atoms with Crippen LogP contribution in [0.5, 0.6) is 0 Å². The second kappa shape index (κ2) is 3.00. The molecule has 2 aliphatic heterocycles. The molecule has 0 N–H and O–H groups in total. The maximum absolute atomic E-state index is 5.84. The van der Waals surface area contributed by atoms with Gasteiger partial charge in [-0.15, -0.1) is 11.8 Å². The zero-order chi connectivity index (χ0) is 9.76. The highest BCUT2D eigenvalue weighted by molar-refractivity contribution is 9.10. The van der Waals surface area contributed by atoms with Crippen LogP contribution in [0, 0.1) is 0 Å². The molecule has 2 aliphatic rings.